The van der Waals surface area contributed by atoms with E-state index >= 15 is 0 Å². The van der Waals surface area contributed by atoms with Crippen molar-refractivity contribution < 1.29 is 18.7 Å². The van der Waals surface area contributed by atoms with Crippen LogP contribution in [-0.4, -0.2) is 25.1 Å². The van der Waals surface area contributed by atoms with E-state index in [0.717, 1.165) is 0 Å². The largest absolute Gasteiger partial charge is 0.463 e. The smallest absolute Gasteiger partial charge is 0.284 e. The second-order valence-electron chi connectivity index (χ2n) is 4.08. The predicted octanol–water partition coefficient (Wildman–Crippen LogP) is 2.29. The Morgan fingerprint density at radius 3 is 2.60 bits per heavy atom. The van der Waals surface area contributed by atoms with Gasteiger partial charge in [0.2, 0.25) is 0 Å². The Kier molecular flexibility index (Phi) is 3.91. The summed E-state index contributed by atoms with van der Waals surface area (Å²) < 4.78 is 15.7. The molecule has 4 heteroatoms. The third kappa shape index (κ3) is 4.65. The van der Waals surface area contributed by atoms with Crippen molar-refractivity contribution in [3.05, 3.63) is 17.9 Å². The lowest BCUT2D eigenvalue weighted by molar-refractivity contribution is -0.0189. The molecule has 0 aromatic carbocycles. The molecule has 1 aromatic rings. The van der Waals surface area contributed by atoms with Crippen molar-refractivity contribution in [1.29, 1.82) is 0 Å². The average molecular weight is 212 g/mol. The van der Waals surface area contributed by atoms with Gasteiger partial charge in [-0.05, 0) is 26.8 Å². The maximum absolute atomic E-state index is 10.3. The van der Waals surface area contributed by atoms with Crippen molar-refractivity contribution in [2.75, 3.05) is 13.2 Å². The van der Waals surface area contributed by atoms with E-state index < -0.39 is 0 Å². The lowest BCUT2D eigenvalue weighted by Gasteiger charge is -2.19. The van der Waals surface area contributed by atoms with Gasteiger partial charge < -0.3 is 13.9 Å². The zero-order valence-corrected chi connectivity index (χ0v) is 9.28. The summed E-state index contributed by atoms with van der Waals surface area (Å²) >= 11 is 0. The van der Waals surface area contributed by atoms with Gasteiger partial charge in [-0.3, -0.25) is 4.79 Å². The Hall–Kier alpha value is -1.29. The van der Waals surface area contributed by atoms with Crippen LogP contribution in [0.25, 0.3) is 0 Å². The highest BCUT2D eigenvalue weighted by molar-refractivity contribution is 5.70. The molecule has 0 aliphatic rings. The molecular formula is C11H16O4. The van der Waals surface area contributed by atoms with Gasteiger partial charge in [0.15, 0.2) is 12.0 Å². The first-order valence-corrected chi connectivity index (χ1v) is 4.83. The lowest BCUT2D eigenvalue weighted by atomic mass is 10.2. The predicted molar refractivity (Wildman–Crippen MR) is 55.3 cm³/mol. The minimum atomic E-state index is -0.166. The van der Waals surface area contributed by atoms with Gasteiger partial charge in [0.25, 0.3) is 5.95 Å². The van der Waals surface area contributed by atoms with Crippen molar-refractivity contribution in [2.45, 2.75) is 26.4 Å². The molecule has 0 amide bonds. The second-order valence-corrected chi connectivity index (χ2v) is 4.08. The highest BCUT2D eigenvalue weighted by Crippen LogP contribution is 2.14. The van der Waals surface area contributed by atoms with Gasteiger partial charge in [0.1, 0.15) is 6.61 Å². The minimum absolute atomic E-state index is 0.166. The maximum atomic E-state index is 10.3. The SMILES string of the molecule is CC(C)(C)OCCOc1ccc(C=O)o1. The molecule has 0 aliphatic heterocycles. The summed E-state index contributed by atoms with van der Waals surface area (Å²) in [5.41, 5.74) is -0.166. The van der Waals surface area contributed by atoms with Gasteiger partial charge in [-0.2, -0.15) is 0 Å². The number of hydrogen-bond acceptors (Lipinski definition) is 4. The molecule has 0 spiro atoms. The first-order chi connectivity index (χ1) is 7.01. The summed E-state index contributed by atoms with van der Waals surface area (Å²) in [7, 11) is 0. The zero-order valence-electron chi connectivity index (χ0n) is 9.28. The summed E-state index contributed by atoms with van der Waals surface area (Å²) in [6, 6.07) is 3.17. The molecule has 1 rings (SSSR count). The van der Waals surface area contributed by atoms with E-state index in [2.05, 4.69) is 0 Å². The van der Waals surface area contributed by atoms with Crippen molar-refractivity contribution in [1.82, 2.24) is 0 Å². The van der Waals surface area contributed by atoms with Crippen LogP contribution < -0.4 is 4.74 Å². The van der Waals surface area contributed by atoms with E-state index in [4.69, 9.17) is 13.9 Å². The molecule has 0 N–H and O–H groups in total. The summed E-state index contributed by atoms with van der Waals surface area (Å²) in [5, 5.41) is 0. The molecule has 84 valence electrons. The highest BCUT2D eigenvalue weighted by atomic mass is 16.6. The molecule has 15 heavy (non-hydrogen) atoms. The van der Waals surface area contributed by atoms with Crippen LogP contribution in [0, 0.1) is 0 Å². The van der Waals surface area contributed by atoms with E-state index in [1.54, 1.807) is 12.1 Å². The molecule has 0 radical (unpaired) electrons. The third-order valence-electron chi connectivity index (χ3n) is 1.58. The Morgan fingerprint density at radius 1 is 1.33 bits per heavy atom. The number of carbonyl (C=O) groups excluding carboxylic acids is 1. The van der Waals surface area contributed by atoms with Crippen LogP contribution in [0.1, 0.15) is 31.3 Å². The van der Waals surface area contributed by atoms with Crippen LogP contribution in [0.5, 0.6) is 5.95 Å². The van der Waals surface area contributed by atoms with E-state index in [1.807, 2.05) is 20.8 Å². The van der Waals surface area contributed by atoms with E-state index in [9.17, 15) is 4.79 Å². The number of aldehydes is 1. The Balaban J connectivity index is 2.23. The molecule has 4 nitrogen and oxygen atoms in total. The van der Waals surface area contributed by atoms with Gasteiger partial charge in [-0.15, -0.1) is 0 Å². The monoisotopic (exact) mass is 212 g/mol. The molecule has 0 aliphatic carbocycles. The zero-order chi connectivity index (χ0) is 11.3. The maximum Gasteiger partial charge on any atom is 0.284 e. The van der Waals surface area contributed by atoms with Crippen LogP contribution >= 0.6 is 0 Å². The van der Waals surface area contributed by atoms with Crippen molar-refractivity contribution >= 4 is 6.29 Å². The molecular weight excluding hydrogens is 196 g/mol. The van der Waals surface area contributed by atoms with Crippen LogP contribution in [0.2, 0.25) is 0 Å². The number of carbonyl (C=O) groups is 1. The van der Waals surface area contributed by atoms with E-state index in [0.29, 0.717) is 25.4 Å². The van der Waals surface area contributed by atoms with Crippen molar-refractivity contribution in [2.24, 2.45) is 0 Å². The molecule has 0 saturated heterocycles. The standard InChI is InChI=1S/C11H16O4/c1-11(2,3)14-7-6-13-10-5-4-9(8-12)15-10/h4-5,8H,6-7H2,1-3H3. The Morgan fingerprint density at radius 2 is 2.07 bits per heavy atom. The normalized spacial score (nSPS) is 11.4. The Bertz CT molecular complexity index is 309. The third-order valence-corrected chi connectivity index (χ3v) is 1.58. The molecule has 0 atom stereocenters. The van der Waals surface area contributed by atoms with Crippen LogP contribution in [0.15, 0.2) is 16.5 Å². The van der Waals surface area contributed by atoms with E-state index in [-0.39, 0.29) is 11.4 Å². The highest BCUT2D eigenvalue weighted by Gasteiger charge is 2.09. The number of furan rings is 1. The summed E-state index contributed by atoms with van der Waals surface area (Å²) in [4.78, 5) is 10.3. The number of hydrogen-bond donors (Lipinski definition) is 0. The topological polar surface area (TPSA) is 48.7 Å². The fourth-order valence-electron chi connectivity index (χ4n) is 0.965. The fraction of sp³-hybridized carbons (Fsp3) is 0.545. The van der Waals surface area contributed by atoms with Gasteiger partial charge in [0, 0.05) is 6.07 Å². The number of ether oxygens (including phenoxy) is 2. The number of rotatable bonds is 5. The van der Waals surface area contributed by atoms with Crippen LogP contribution in [0.4, 0.5) is 0 Å². The Labute approximate surface area is 89.2 Å². The van der Waals surface area contributed by atoms with Gasteiger partial charge in [-0.1, -0.05) is 0 Å². The van der Waals surface area contributed by atoms with Crippen LogP contribution in [-0.2, 0) is 4.74 Å². The molecule has 0 bridgehead atoms. The summed E-state index contributed by atoms with van der Waals surface area (Å²) in [6.07, 6.45) is 0.637. The second kappa shape index (κ2) is 4.98. The fourth-order valence-corrected chi connectivity index (χ4v) is 0.965. The summed E-state index contributed by atoms with van der Waals surface area (Å²) in [5.74, 6) is 0.608. The minimum Gasteiger partial charge on any atom is -0.463 e. The average Bonchev–Trinajstić information content (AvgIpc) is 2.59. The molecule has 1 heterocycles. The van der Waals surface area contributed by atoms with Gasteiger partial charge in [-0.25, -0.2) is 0 Å². The van der Waals surface area contributed by atoms with Gasteiger partial charge >= 0.3 is 0 Å². The first kappa shape index (κ1) is 11.8. The molecule has 1 aromatic heterocycles. The van der Waals surface area contributed by atoms with Crippen molar-refractivity contribution in [3.63, 3.8) is 0 Å². The lowest BCUT2D eigenvalue weighted by Crippen LogP contribution is -2.22. The molecule has 0 unspecified atom stereocenters. The first-order valence-electron chi connectivity index (χ1n) is 4.83. The molecule has 0 saturated carbocycles. The quantitative estimate of drug-likeness (QED) is 0.555. The molecule has 0 fully saturated rings. The van der Waals surface area contributed by atoms with Gasteiger partial charge in [0.05, 0.1) is 12.2 Å². The van der Waals surface area contributed by atoms with Crippen molar-refractivity contribution in [3.8, 4) is 5.95 Å². The van der Waals surface area contributed by atoms with E-state index in [1.165, 1.54) is 0 Å². The van der Waals surface area contributed by atoms with Crippen LogP contribution in [0.3, 0.4) is 0 Å². The summed E-state index contributed by atoms with van der Waals surface area (Å²) in [6.45, 7) is 6.82.